The van der Waals surface area contributed by atoms with Crippen LogP contribution in [0, 0.1) is 0 Å². The normalized spacial score (nSPS) is 14.0. The van der Waals surface area contributed by atoms with Crippen molar-refractivity contribution in [2.24, 2.45) is 7.05 Å². The summed E-state index contributed by atoms with van der Waals surface area (Å²) in [4.78, 5) is 0. The van der Waals surface area contributed by atoms with Gasteiger partial charge in [-0.15, -0.1) is 0 Å². The molecule has 17 heavy (non-hydrogen) atoms. The molecule has 4 nitrogen and oxygen atoms in total. The van der Waals surface area contributed by atoms with Crippen LogP contribution < -0.4 is 0 Å². The van der Waals surface area contributed by atoms with E-state index in [4.69, 9.17) is 0 Å². The molecule has 0 saturated carbocycles. The fourth-order valence-corrected chi connectivity index (χ4v) is 1.93. The highest BCUT2D eigenvalue weighted by molar-refractivity contribution is 9.10. The van der Waals surface area contributed by atoms with E-state index in [1.807, 2.05) is 0 Å². The lowest BCUT2D eigenvalue weighted by atomic mass is 10.2. The Hall–Kier alpha value is -0.600. The summed E-state index contributed by atoms with van der Waals surface area (Å²) in [5.74, 6) is 0. The Kier molecular flexibility index (Phi) is 4.96. The first kappa shape index (κ1) is 14.5. The molecule has 1 N–H and O–H groups in total. The zero-order chi connectivity index (χ0) is 13.1. The lowest BCUT2D eigenvalue weighted by molar-refractivity contribution is -0.175. The molecule has 0 amide bonds. The van der Waals surface area contributed by atoms with Gasteiger partial charge in [0.05, 0.1) is 22.5 Å². The molecule has 1 rings (SSSR count). The highest BCUT2D eigenvalue weighted by Crippen LogP contribution is 2.25. The molecule has 1 aromatic rings. The number of aromatic nitrogens is 2. The SMILES string of the molecule is Cn1ncc(Br)c1C(O)CCOCC(F)(F)F. The molecule has 0 saturated heterocycles. The number of nitrogens with zero attached hydrogens (tertiary/aromatic N) is 2. The minimum Gasteiger partial charge on any atom is -0.387 e. The first-order valence-electron chi connectivity index (χ1n) is 4.81. The number of hydrogen-bond donors (Lipinski definition) is 1. The van der Waals surface area contributed by atoms with Gasteiger partial charge in [-0.25, -0.2) is 0 Å². The number of ether oxygens (including phenoxy) is 1. The Bertz CT molecular complexity index is 348. The van der Waals surface area contributed by atoms with Crippen molar-refractivity contribution >= 4 is 15.9 Å². The van der Waals surface area contributed by atoms with Crippen LogP contribution in [0.25, 0.3) is 0 Å². The number of alkyl halides is 3. The summed E-state index contributed by atoms with van der Waals surface area (Å²) in [6.07, 6.45) is -3.66. The van der Waals surface area contributed by atoms with Gasteiger partial charge in [0.25, 0.3) is 0 Å². The average molecular weight is 317 g/mol. The van der Waals surface area contributed by atoms with Gasteiger partial charge in [-0.3, -0.25) is 4.68 Å². The third kappa shape index (κ3) is 4.64. The predicted molar refractivity (Wildman–Crippen MR) is 57.4 cm³/mol. The molecule has 98 valence electrons. The summed E-state index contributed by atoms with van der Waals surface area (Å²) >= 11 is 3.19. The fraction of sp³-hybridized carbons (Fsp3) is 0.667. The molecule has 0 fully saturated rings. The number of aryl methyl sites for hydroxylation is 1. The second kappa shape index (κ2) is 5.83. The van der Waals surface area contributed by atoms with Crippen LogP contribution in [0.1, 0.15) is 18.2 Å². The van der Waals surface area contributed by atoms with Crippen molar-refractivity contribution in [2.75, 3.05) is 13.2 Å². The number of aliphatic hydroxyl groups is 1. The Morgan fingerprint density at radius 2 is 2.24 bits per heavy atom. The molecule has 0 spiro atoms. The van der Waals surface area contributed by atoms with E-state index < -0.39 is 18.9 Å². The molecule has 8 heteroatoms. The van der Waals surface area contributed by atoms with Crippen molar-refractivity contribution in [1.82, 2.24) is 9.78 Å². The number of rotatable bonds is 5. The monoisotopic (exact) mass is 316 g/mol. The quantitative estimate of drug-likeness (QED) is 0.847. The van der Waals surface area contributed by atoms with E-state index >= 15 is 0 Å². The van der Waals surface area contributed by atoms with E-state index in [9.17, 15) is 18.3 Å². The van der Waals surface area contributed by atoms with Crippen LogP contribution >= 0.6 is 15.9 Å². The summed E-state index contributed by atoms with van der Waals surface area (Å²) in [7, 11) is 1.64. The van der Waals surface area contributed by atoms with Crippen molar-refractivity contribution in [2.45, 2.75) is 18.7 Å². The molecule has 1 atom stereocenters. The van der Waals surface area contributed by atoms with Gasteiger partial charge in [-0.1, -0.05) is 0 Å². The molecule has 0 aliphatic carbocycles. The lowest BCUT2D eigenvalue weighted by Crippen LogP contribution is -2.18. The summed E-state index contributed by atoms with van der Waals surface area (Å²) < 4.78 is 41.8. The average Bonchev–Trinajstić information content (AvgIpc) is 2.52. The fourth-order valence-electron chi connectivity index (χ4n) is 1.31. The minimum absolute atomic E-state index is 0.0776. The highest BCUT2D eigenvalue weighted by Gasteiger charge is 2.27. The predicted octanol–water partition coefficient (Wildman–Crippen LogP) is 2.19. The molecule has 0 radical (unpaired) electrons. The van der Waals surface area contributed by atoms with Gasteiger partial charge in [0.15, 0.2) is 0 Å². The first-order valence-corrected chi connectivity index (χ1v) is 5.60. The summed E-state index contributed by atoms with van der Waals surface area (Å²) in [5.41, 5.74) is 0.514. The highest BCUT2D eigenvalue weighted by atomic mass is 79.9. The van der Waals surface area contributed by atoms with E-state index in [0.29, 0.717) is 10.2 Å². The molecular weight excluding hydrogens is 305 g/mol. The number of hydrogen-bond acceptors (Lipinski definition) is 3. The third-order valence-corrected chi connectivity index (χ3v) is 2.67. The second-order valence-corrected chi connectivity index (χ2v) is 4.33. The number of aliphatic hydroxyl groups excluding tert-OH is 1. The van der Waals surface area contributed by atoms with Gasteiger partial charge in [-0.05, 0) is 15.9 Å². The number of halogens is 4. The molecule has 1 aromatic heterocycles. The Morgan fingerprint density at radius 1 is 1.59 bits per heavy atom. The van der Waals surface area contributed by atoms with Crippen LogP contribution in [0.2, 0.25) is 0 Å². The molecule has 0 aromatic carbocycles. The van der Waals surface area contributed by atoms with E-state index in [1.54, 1.807) is 7.05 Å². The van der Waals surface area contributed by atoms with Crippen molar-refractivity contribution in [3.05, 3.63) is 16.4 Å². The maximum Gasteiger partial charge on any atom is 0.411 e. The summed E-state index contributed by atoms with van der Waals surface area (Å²) in [6, 6.07) is 0. The van der Waals surface area contributed by atoms with Crippen LogP contribution in [0.3, 0.4) is 0 Å². The van der Waals surface area contributed by atoms with Crippen LogP contribution in [-0.2, 0) is 11.8 Å². The van der Waals surface area contributed by atoms with Crippen LogP contribution in [0.4, 0.5) is 13.2 Å². The van der Waals surface area contributed by atoms with Crippen LogP contribution in [-0.4, -0.2) is 34.3 Å². The largest absolute Gasteiger partial charge is 0.411 e. The molecule has 1 heterocycles. The first-order chi connectivity index (χ1) is 7.81. The molecule has 0 bridgehead atoms. The Morgan fingerprint density at radius 3 is 2.71 bits per heavy atom. The van der Waals surface area contributed by atoms with Crippen molar-refractivity contribution in [3.63, 3.8) is 0 Å². The summed E-state index contributed by atoms with van der Waals surface area (Å²) in [5, 5.41) is 13.6. The van der Waals surface area contributed by atoms with E-state index in [1.165, 1.54) is 10.9 Å². The minimum atomic E-state index is -4.34. The molecule has 0 aliphatic heterocycles. The maximum atomic E-state index is 11.8. The van der Waals surface area contributed by atoms with Gasteiger partial charge in [0.1, 0.15) is 6.61 Å². The zero-order valence-electron chi connectivity index (χ0n) is 9.04. The lowest BCUT2D eigenvalue weighted by Gasteiger charge is -2.13. The smallest absolute Gasteiger partial charge is 0.387 e. The molecule has 0 aliphatic rings. The Labute approximate surface area is 105 Å². The standard InChI is InChI=1S/C9H12BrF3N2O2/c1-15-8(6(10)4-14-15)7(16)2-3-17-5-9(11,12)13/h4,7,16H,2-3,5H2,1H3. The van der Waals surface area contributed by atoms with Crippen molar-refractivity contribution in [3.8, 4) is 0 Å². The van der Waals surface area contributed by atoms with Crippen LogP contribution in [0.5, 0.6) is 0 Å². The zero-order valence-corrected chi connectivity index (χ0v) is 10.6. The van der Waals surface area contributed by atoms with Crippen molar-refractivity contribution in [1.29, 1.82) is 0 Å². The Balaban J connectivity index is 2.38. The van der Waals surface area contributed by atoms with Crippen LogP contribution in [0.15, 0.2) is 10.7 Å². The van der Waals surface area contributed by atoms with Gasteiger partial charge in [-0.2, -0.15) is 18.3 Å². The topological polar surface area (TPSA) is 47.3 Å². The summed E-state index contributed by atoms with van der Waals surface area (Å²) in [6.45, 7) is -1.47. The van der Waals surface area contributed by atoms with Gasteiger partial charge < -0.3 is 9.84 Å². The van der Waals surface area contributed by atoms with Gasteiger partial charge >= 0.3 is 6.18 Å². The van der Waals surface area contributed by atoms with E-state index in [-0.39, 0.29) is 13.0 Å². The van der Waals surface area contributed by atoms with Crippen molar-refractivity contribution < 1.29 is 23.0 Å². The van der Waals surface area contributed by atoms with Gasteiger partial charge in [0.2, 0.25) is 0 Å². The maximum absolute atomic E-state index is 11.8. The van der Waals surface area contributed by atoms with Gasteiger partial charge in [0, 0.05) is 20.1 Å². The molecule has 1 unspecified atom stereocenters. The van der Waals surface area contributed by atoms with E-state index in [2.05, 4.69) is 25.8 Å². The second-order valence-electron chi connectivity index (χ2n) is 3.47. The third-order valence-electron chi connectivity index (χ3n) is 2.05. The molecular formula is C9H12BrF3N2O2. The van der Waals surface area contributed by atoms with E-state index in [0.717, 1.165) is 0 Å².